The van der Waals surface area contributed by atoms with Crippen molar-refractivity contribution in [2.24, 2.45) is 5.73 Å². The highest BCUT2D eigenvalue weighted by Crippen LogP contribution is 2.28. The number of anilines is 1. The van der Waals surface area contributed by atoms with E-state index in [0.717, 1.165) is 5.56 Å². The number of primary amides is 1. The Bertz CT molecular complexity index is 1230. The first kappa shape index (κ1) is 23.8. The Morgan fingerprint density at radius 3 is 2.24 bits per heavy atom. The Morgan fingerprint density at radius 2 is 1.64 bits per heavy atom. The highest BCUT2D eigenvalue weighted by Gasteiger charge is 2.27. The second-order valence-corrected chi connectivity index (χ2v) is 9.04. The first-order chi connectivity index (χ1) is 15.7. The number of carbonyl (C=O) groups excluding carboxylic acids is 2. The highest BCUT2D eigenvalue weighted by atomic mass is 32.2. The van der Waals surface area contributed by atoms with Crippen LogP contribution in [0.2, 0.25) is 0 Å². The fraction of sp³-hybridized carbons (Fsp3) is 0.167. The Hall–Kier alpha value is -3.85. The number of hydrogen-bond donors (Lipinski definition) is 1. The minimum atomic E-state index is -4.08. The summed E-state index contributed by atoms with van der Waals surface area (Å²) >= 11 is 0. The maximum Gasteiger partial charge on any atom is 0.338 e. The van der Waals surface area contributed by atoms with Crippen LogP contribution in [0.3, 0.4) is 0 Å². The molecule has 0 bridgehead atoms. The molecule has 0 heterocycles. The Labute approximate surface area is 192 Å². The normalized spacial score (nSPS) is 11.9. The molecule has 0 aliphatic heterocycles. The van der Waals surface area contributed by atoms with E-state index in [4.69, 9.17) is 15.2 Å². The molecule has 0 aliphatic carbocycles. The maximum atomic E-state index is 13.7. The van der Waals surface area contributed by atoms with E-state index in [1.54, 1.807) is 24.3 Å². The van der Waals surface area contributed by atoms with Gasteiger partial charge in [-0.15, -0.1) is 0 Å². The van der Waals surface area contributed by atoms with Gasteiger partial charge in [-0.1, -0.05) is 36.4 Å². The van der Waals surface area contributed by atoms with Crippen LogP contribution in [0, 0.1) is 0 Å². The second kappa shape index (κ2) is 10.2. The quantitative estimate of drug-likeness (QED) is 0.483. The average molecular weight is 469 g/mol. The van der Waals surface area contributed by atoms with Gasteiger partial charge in [-0.25, -0.2) is 13.2 Å². The minimum absolute atomic E-state index is 0.0152. The molecule has 0 saturated heterocycles. The van der Waals surface area contributed by atoms with Crippen LogP contribution in [0.4, 0.5) is 5.69 Å². The third-order valence-corrected chi connectivity index (χ3v) is 6.64. The molecular weight excluding hydrogens is 444 g/mol. The van der Waals surface area contributed by atoms with Crippen molar-refractivity contribution >= 4 is 27.6 Å². The van der Waals surface area contributed by atoms with Crippen molar-refractivity contribution in [3.8, 4) is 5.75 Å². The molecule has 8 nitrogen and oxygen atoms in total. The van der Waals surface area contributed by atoms with Crippen molar-refractivity contribution in [2.45, 2.75) is 24.5 Å². The number of esters is 1. The van der Waals surface area contributed by atoms with Crippen LogP contribution in [0.1, 0.15) is 22.8 Å². The van der Waals surface area contributed by atoms with Crippen LogP contribution >= 0.6 is 0 Å². The topological polar surface area (TPSA) is 116 Å². The number of nitrogens with two attached hydrogens (primary N) is 1. The van der Waals surface area contributed by atoms with E-state index in [1.165, 1.54) is 42.6 Å². The molecule has 9 heteroatoms. The fourth-order valence-corrected chi connectivity index (χ4v) is 4.51. The number of sulfonamides is 1. The fourth-order valence-electron chi connectivity index (χ4n) is 3.01. The van der Waals surface area contributed by atoms with Gasteiger partial charge in [0.05, 0.1) is 29.8 Å². The van der Waals surface area contributed by atoms with Crippen LogP contribution in [0.25, 0.3) is 0 Å². The van der Waals surface area contributed by atoms with Crippen LogP contribution in [0.15, 0.2) is 83.8 Å². The van der Waals surface area contributed by atoms with Gasteiger partial charge in [0, 0.05) is 0 Å². The minimum Gasteiger partial charge on any atom is -0.497 e. The van der Waals surface area contributed by atoms with E-state index in [2.05, 4.69) is 0 Å². The van der Waals surface area contributed by atoms with Crippen LogP contribution in [-0.2, 0) is 26.1 Å². The summed E-state index contributed by atoms with van der Waals surface area (Å²) in [7, 11) is -2.55. The molecule has 1 amide bonds. The molecule has 3 rings (SSSR count). The summed E-state index contributed by atoms with van der Waals surface area (Å²) in [5.41, 5.74) is 6.32. The summed E-state index contributed by atoms with van der Waals surface area (Å²) in [5, 5.41) is 0. The number of benzene rings is 3. The third-order valence-electron chi connectivity index (χ3n) is 4.87. The summed E-state index contributed by atoms with van der Waals surface area (Å²) in [6.07, 6.45) is -1.15. The van der Waals surface area contributed by atoms with Crippen LogP contribution in [0.5, 0.6) is 5.75 Å². The van der Waals surface area contributed by atoms with Gasteiger partial charge < -0.3 is 15.2 Å². The van der Waals surface area contributed by atoms with E-state index in [0.29, 0.717) is 11.4 Å². The van der Waals surface area contributed by atoms with Gasteiger partial charge in [-0.05, 0) is 55.0 Å². The van der Waals surface area contributed by atoms with E-state index in [-0.39, 0.29) is 17.0 Å². The molecule has 1 atom stereocenters. The number of hydrogen-bond acceptors (Lipinski definition) is 6. The molecule has 3 aromatic rings. The van der Waals surface area contributed by atoms with Gasteiger partial charge in [0.25, 0.3) is 15.9 Å². The zero-order valence-corrected chi connectivity index (χ0v) is 19.0. The molecule has 3 aromatic carbocycles. The zero-order chi connectivity index (χ0) is 24.0. The first-order valence-corrected chi connectivity index (χ1v) is 11.5. The van der Waals surface area contributed by atoms with Crippen molar-refractivity contribution in [3.05, 3.63) is 90.0 Å². The maximum absolute atomic E-state index is 13.7. The summed E-state index contributed by atoms with van der Waals surface area (Å²) in [6.45, 7) is 1.41. The Balaban J connectivity index is 2.00. The van der Waals surface area contributed by atoms with Gasteiger partial charge in [0.1, 0.15) is 5.75 Å². The highest BCUT2D eigenvalue weighted by molar-refractivity contribution is 7.92. The SMILES string of the molecule is COc1ccc(N(Cc2ccccc2)S(=O)(=O)c2cccc(C(=O)O[C@@H](C)C(N)=O)c2)cc1. The van der Waals surface area contributed by atoms with Crippen molar-refractivity contribution in [1.29, 1.82) is 0 Å². The van der Waals surface area contributed by atoms with Crippen molar-refractivity contribution in [1.82, 2.24) is 0 Å². The molecular formula is C24H24N2O6S. The van der Waals surface area contributed by atoms with Crippen molar-refractivity contribution < 1.29 is 27.5 Å². The van der Waals surface area contributed by atoms with E-state index >= 15 is 0 Å². The van der Waals surface area contributed by atoms with Crippen LogP contribution < -0.4 is 14.8 Å². The standard InChI is InChI=1S/C24H24N2O6S/c1-17(23(25)27)32-24(28)19-9-6-10-22(15-19)33(29,30)26(16-18-7-4-3-5-8-18)20-11-13-21(31-2)14-12-20/h3-15,17H,16H2,1-2H3,(H2,25,27)/t17-/m0/s1. The summed E-state index contributed by atoms with van der Waals surface area (Å²) in [4.78, 5) is 23.5. The lowest BCUT2D eigenvalue weighted by Crippen LogP contribution is -2.31. The molecule has 0 saturated carbocycles. The number of nitrogens with zero attached hydrogens (tertiary/aromatic N) is 1. The molecule has 0 spiro atoms. The van der Waals surface area contributed by atoms with Gasteiger partial charge in [0.15, 0.2) is 6.10 Å². The molecule has 2 N–H and O–H groups in total. The third kappa shape index (κ3) is 5.69. The number of carbonyl (C=O) groups is 2. The van der Waals surface area contributed by atoms with E-state index in [9.17, 15) is 18.0 Å². The number of amides is 1. The Kier molecular flexibility index (Phi) is 7.34. The summed E-state index contributed by atoms with van der Waals surface area (Å²) in [5.74, 6) is -1.07. The van der Waals surface area contributed by atoms with E-state index in [1.807, 2.05) is 30.3 Å². The lowest BCUT2D eigenvalue weighted by Gasteiger charge is -2.25. The molecule has 33 heavy (non-hydrogen) atoms. The van der Waals surface area contributed by atoms with Crippen molar-refractivity contribution in [3.63, 3.8) is 0 Å². The molecule has 0 unspecified atom stereocenters. The predicted octanol–water partition coefficient (Wildman–Crippen LogP) is 3.12. The zero-order valence-electron chi connectivity index (χ0n) is 18.2. The van der Waals surface area contributed by atoms with Gasteiger partial charge >= 0.3 is 5.97 Å². The van der Waals surface area contributed by atoms with E-state index < -0.39 is 28.0 Å². The average Bonchev–Trinajstić information content (AvgIpc) is 2.83. The first-order valence-electron chi connectivity index (χ1n) is 10.0. The number of methoxy groups -OCH3 is 1. The predicted molar refractivity (Wildman–Crippen MR) is 123 cm³/mol. The number of ether oxygens (including phenoxy) is 2. The monoisotopic (exact) mass is 468 g/mol. The largest absolute Gasteiger partial charge is 0.497 e. The molecule has 0 fully saturated rings. The lowest BCUT2D eigenvalue weighted by molar-refractivity contribution is -0.125. The van der Waals surface area contributed by atoms with Gasteiger partial charge in [-0.3, -0.25) is 9.10 Å². The summed E-state index contributed by atoms with van der Waals surface area (Å²) < 4.78 is 38.8. The van der Waals surface area contributed by atoms with Gasteiger partial charge in [0.2, 0.25) is 0 Å². The van der Waals surface area contributed by atoms with Crippen LogP contribution in [-0.4, -0.2) is 33.5 Å². The lowest BCUT2D eigenvalue weighted by atomic mass is 10.2. The molecule has 172 valence electrons. The van der Waals surface area contributed by atoms with Crippen molar-refractivity contribution in [2.75, 3.05) is 11.4 Å². The summed E-state index contributed by atoms with van der Waals surface area (Å²) in [6, 6.07) is 21.2. The Morgan fingerprint density at radius 1 is 0.970 bits per heavy atom. The van der Waals surface area contributed by atoms with Gasteiger partial charge in [-0.2, -0.15) is 0 Å². The number of rotatable bonds is 9. The molecule has 0 radical (unpaired) electrons. The second-order valence-electron chi connectivity index (χ2n) is 7.17. The smallest absolute Gasteiger partial charge is 0.338 e. The molecule has 0 aromatic heterocycles. The molecule has 0 aliphatic rings.